The second-order valence-corrected chi connectivity index (χ2v) is 5.54. The molecule has 1 N–H and O–H groups in total. The average molecular weight is 299 g/mol. The predicted octanol–water partition coefficient (Wildman–Crippen LogP) is 4.06. The van der Waals surface area contributed by atoms with Crippen LogP contribution in [0.15, 0.2) is 60.7 Å². The van der Waals surface area contributed by atoms with E-state index in [1.807, 2.05) is 36.4 Å². The fraction of sp³-hybridized carbons (Fsp3) is 0.0769. The lowest BCUT2D eigenvalue weighted by molar-refractivity contribution is 0.167. The predicted molar refractivity (Wildman–Crippen MR) is 72.6 cm³/mol. The van der Waals surface area contributed by atoms with E-state index in [1.54, 1.807) is 24.3 Å². The van der Waals surface area contributed by atoms with Gasteiger partial charge in [-0.15, -0.1) is 0 Å². The lowest BCUT2D eigenvalue weighted by atomic mass is 10.0. The van der Waals surface area contributed by atoms with Gasteiger partial charge >= 0.3 is 7.82 Å². The summed E-state index contributed by atoms with van der Waals surface area (Å²) in [4.78, 5) is 9.40. The first-order valence-corrected chi connectivity index (χ1v) is 7.34. The Morgan fingerprint density at radius 2 is 1.37 bits per heavy atom. The molecule has 2 aromatic rings. The maximum absolute atomic E-state index is 11.5. The van der Waals surface area contributed by atoms with E-state index in [0.29, 0.717) is 0 Å². The zero-order valence-electron chi connectivity index (χ0n) is 9.85. The SMILES string of the molecule is O=P(O)(OCl)OC(c1ccccc1)c1ccccc1. The molecule has 1 unspecified atom stereocenters. The van der Waals surface area contributed by atoms with Crippen molar-refractivity contribution in [2.45, 2.75) is 6.10 Å². The highest BCUT2D eigenvalue weighted by Crippen LogP contribution is 2.50. The number of phosphoric ester groups is 1. The minimum atomic E-state index is -4.30. The highest BCUT2D eigenvalue weighted by atomic mass is 35.5. The maximum Gasteiger partial charge on any atom is 0.489 e. The van der Waals surface area contributed by atoms with Crippen molar-refractivity contribution >= 4 is 19.7 Å². The van der Waals surface area contributed by atoms with Crippen molar-refractivity contribution in [3.05, 3.63) is 71.8 Å². The lowest BCUT2D eigenvalue weighted by Gasteiger charge is -2.19. The molecule has 0 bridgehead atoms. The largest absolute Gasteiger partial charge is 0.489 e. The standard InChI is InChI=1S/C13H12ClO4P/c14-18-19(15,16)17-13(11-7-3-1-4-8-11)12-9-5-2-6-10-12/h1-10,13H,(H,15,16). The number of phosphoric acid groups is 1. The van der Waals surface area contributed by atoms with E-state index in [4.69, 9.17) is 16.4 Å². The first-order chi connectivity index (χ1) is 9.12. The van der Waals surface area contributed by atoms with Gasteiger partial charge in [-0.3, -0.25) is 4.52 Å². The average Bonchev–Trinajstić information content (AvgIpc) is 2.47. The third kappa shape index (κ3) is 3.90. The Kier molecular flexibility index (Phi) is 4.75. The number of rotatable bonds is 5. The molecule has 0 fully saturated rings. The fourth-order valence-electron chi connectivity index (χ4n) is 1.72. The molecule has 4 nitrogen and oxygen atoms in total. The summed E-state index contributed by atoms with van der Waals surface area (Å²) in [7, 11) is -4.30. The summed E-state index contributed by atoms with van der Waals surface area (Å²) in [6.45, 7) is 0. The highest BCUT2D eigenvalue weighted by molar-refractivity contribution is 7.48. The number of benzene rings is 2. The molecule has 0 spiro atoms. The van der Waals surface area contributed by atoms with Crippen LogP contribution in [0.3, 0.4) is 0 Å². The Morgan fingerprint density at radius 3 is 1.74 bits per heavy atom. The Hall–Kier alpha value is -1.16. The van der Waals surface area contributed by atoms with Crippen molar-refractivity contribution in [1.82, 2.24) is 0 Å². The molecule has 100 valence electrons. The molecular weight excluding hydrogens is 287 g/mol. The van der Waals surface area contributed by atoms with Crippen LogP contribution in [-0.4, -0.2) is 4.89 Å². The quantitative estimate of drug-likeness (QED) is 0.846. The zero-order chi connectivity index (χ0) is 13.7. The minimum Gasteiger partial charge on any atom is -0.302 e. The van der Waals surface area contributed by atoms with Gasteiger partial charge in [0.1, 0.15) is 6.10 Å². The second kappa shape index (κ2) is 6.33. The van der Waals surface area contributed by atoms with E-state index >= 15 is 0 Å². The molecule has 0 aliphatic carbocycles. The summed E-state index contributed by atoms with van der Waals surface area (Å²) in [5.74, 6) is 0. The summed E-state index contributed by atoms with van der Waals surface area (Å²) < 4.78 is 20.6. The Bertz CT molecular complexity index is 522. The van der Waals surface area contributed by atoms with Gasteiger partial charge in [-0.25, -0.2) is 4.57 Å². The number of halogens is 1. The van der Waals surface area contributed by atoms with Gasteiger partial charge in [0.15, 0.2) is 0 Å². The second-order valence-electron chi connectivity index (χ2n) is 3.84. The van der Waals surface area contributed by atoms with Gasteiger partial charge < -0.3 is 4.89 Å². The van der Waals surface area contributed by atoms with Crippen LogP contribution in [0.4, 0.5) is 0 Å². The Balaban J connectivity index is 2.37. The van der Waals surface area contributed by atoms with Gasteiger partial charge in [-0.05, 0) is 11.1 Å². The summed E-state index contributed by atoms with van der Waals surface area (Å²) in [5.41, 5.74) is 1.47. The van der Waals surface area contributed by atoms with Crippen molar-refractivity contribution in [3.8, 4) is 0 Å². The van der Waals surface area contributed by atoms with Crippen LogP contribution in [0.25, 0.3) is 0 Å². The topological polar surface area (TPSA) is 55.8 Å². The normalized spacial score (nSPS) is 14.3. The minimum absolute atomic E-state index is 0.725. The molecule has 0 aromatic heterocycles. The Morgan fingerprint density at radius 1 is 0.947 bits per heavy atom. The van der Waals surface area contributed by atoms with Crippen molar-refractivity contribution in [1.29, 1.82) is 0 Å². The van der Waals surface area contributed by atoms with E-state index < -0.39 is 13.9 Å². The van der Waals surface area contributed by atoms with Crippen molar-refractivity contribution in [3.63, 3.8) is 0 Å². The maximum atomic E-state index is 11.5. The molecule has 0 radical (unpaired) electrons. The van der Waals surface area contributed by atoms with Crippen LogP contribution in [0.5, 0.6) is 0 Å². The molecule has 19 heavy (non-hydrogen) atoms. The Labute approximate surface area is 116 Å². The van der Waals surface area contributed by atoms with Gasteiger partial charge in [0, 0.05) is 0 Å². The molecule has 0 saturated heterocycles. The molecule has 0 saturated carbocycles. The molecule has 0 aliphatic heterocycles. The number of hydrogen-bond donors (Lipinski definition) is 1. The van der Waals surface area contributed by atoms with Crippen LogP contribution in [0.1, 0.15) is 17.2 Å². The first kappa shape index (κ1) is 14.3. The van der Waals surface area contributed by atoms with E-state index in [2.05, 4.69) is 4.08 Å². The van der Waals surface area contributed by atoms with Gasteiger partial charge in [-0.1, -0.05) is 60.7 Å². The van der Waals surface area contributed by atoms with Crippen LogP contribution in [0, 0.1) is 0 Å². The van der Waals surface area contributed by atoms with E-state index in [-0.39, 0.29) is 0 Å². The van der Waals surface area contributed by atoms with E-state index in [1.165, 1.54) is 0 Å². The van der Waals surface area contributed by atoms with E-state index in [0.717, 1.165) is 11.1 Å². The van der Waals surface area contributed by atoms with Crippen molar-refractivity contribution in [2.24, 2.45) is 0 Å². The van der Waals surface area contributed by atoms with Crippen LogP contribution in [0.2, 0.25) is 0 Å². The van der Waals surface area contributed by atoms with Gasteiger partial charge in [0.2, 0.25) is 0 Å². The molecular formula is C13H12ClO4P. The molecule has 1 atom stereocenters. The smallest absolute Gasteiger partial charge is 0.302 e. The molecule has 2 rings (SSSR count). The number of hydrogen-bond acceptors (Lipinski definition) is 3. The van der Waals surface area contributed by atoms with Crippen LogP contribution >= 0.6 is 19.7 Å². The summed E-state index contributed by atoms with van der Waals surface area (Å²) in [6, 6.07) is 18.2. The molecule has 0 amide bonds. The lowest BCUT2D eigenvalue weighted by Crippen LogP contribution is -2.05. The molecule has 2 aromatic carbocycles. The summed E-state index contributed by atoms with van der Waals surface area (Å²) in [5, 5.41) is 0. The third-order valence-electron chi connectivity index (χ3n) is 2.53. The highest BCUT2D eigenvalue weighted by Gasteiger charge is 2.28. The monoisotopic (exact) mass is 298 g/mol. The third-order valence-corrected chi connectivity index (χ3v) is 3.71. The molecule has 0 aliphatic rings. The van der Waals surface area contributed by atoms with Crippen LogP contribution in [-0.2, 0) is 13.2 Å². The molecule has 0 heterocycles. The van der Waals surface area contributed by atoms with E-state index in [9.17, 15) is 9.46 Å². The van der Waals surface area contributed by atoms with Crippen molar-refractivity contribution in [2.75, 3.05) is 0 Å². The first-order valence-electron chi connectivity index (χ1n) is 5.54. The summed E-state index contributed by atoms with van der Waals surface area (Å²) in [6.07, 6.45) is -0.725. The van der Waals surface area contributed by atoms with Crippen LogP contribution < -0.4 is 0 Å². The zero-order valence-corrected chi connectivity index (χ0v) is 11.5. The van der Waals surface area contributed by atoms with Gasteiger partial charge in [0.25, 0.3) is 0 Å². The van der Waals surface area contributed by atoms with Gasteiger partial charge in [-0.2, -0.15) is 4.08 Å². The summed E-state index contributed by atoms with van der Waals surface area (Å²) >= 11 is 4.97. The van der Waals surface area contributed by atoms with Gasteiger partial charge in [0.05, 0.1) is 11.9 Å². The molecule has 6 heteroatoms. The fourth-order valence-corrected chi connectivity index (χ4v) is 2.36. The van der Waals surface area contributed by atoms with Crippen molar-refractivity contribution < 1.29 is 18.1 Å².